The zero-order valence-corrected chi connectivity index (χ0v) is 10.6. The van der Waals surface area contributed by atoms with Crippen LogP contribution < -0.4 is 11.1 Å². The van der Waals surface area contributed by atoms with E-state index in [2.05, 4.69) is 53.2 Å². The second-order valence-corrected chi connectivity index (χ2v) is 5.29. The third-order valence-electron chi connectivity index (χ3n) is 2.98. The van der Waals surface area contributed by atoms with Gasteiger partial charge in [-0.25, -0.2) is 0 Å². The van der Waals surface area contributed by atoms with E-state index in [-0.39, 0.29) is 17.4 Å². The first kappa shape index (κ1) is 11.6. The first-order valence-corrected chi connectivity index (χ1v) is 5.61. The summed E-state index contributed by atoms with van der Waals surface area (Å²) in [6.45, 7) is 8.62. The maximum absolute atomic E-state index is 5.66. The van der Waals surface area contributed by atoms with Crippen LogP contribution in [0.15, 0.2) is 6.20 Å². The van der Waals surface area contributed by atoms with E-state index in [0.29, 0.717) is 5.65 Å². The third kappa shape index (κ3) is 2.30. The van der Waals surface area contributed by atoms with Gasteiger partial charge in [0.2, 0.25) is 5.95 Å². The molecule has 1 atom stereocenters. The lowest BCUT2D eigenvalue weighted by atomic mass is 9.88. The van der Waals surface area contributed by atoms with Crippen molar-refractivity contribution >= 4 is 22.8 Å². The van der Waals surface area contributed by atoms with Crippen LogP contribution in [0, 0.1) is 5.41 Å². The molecule has 92 valence electrons. The molecule has 2 heterocycles. The summed E-state index contributed by atoms with van der Waals surface area (Å²) in [5.41, 5.74) is 6.45. The molecule has 0 bridgehead atoms. The first-order chi connectivity index (χ1) is 7.88. The molecule has 1 unspecified atom stereocenters. The van der Waals surface area contributed by atoms with Crippen LogP contribution in [0.4, 0.5) is 11.8 Å². The quantitative estimate of drug-likeness (QED) is 0.736. The lowest BCUT2D eigenvalue weighted by Gasteiger charge is -2.28. The van der Waals surface area contributed by atoms with Gasteiger partial charge in [0.25, 0.3) is 0 Å². The molecule has 0 aliphatic heterocycles. The van der Waals surface area contributed by atoms with Crippen molar-refractivity contribution in [2.45, 2.75) is 33.7 Å². The Morgan fingerprint density at radius 3 is 2.71 bits per heavy atom. The Labute approximate surface area is 100 Å². The molecule has 0 amide bonds. The number of H-pyrrole nitrogens is 1. The molecule has 17 heavy (non-hydrogen) atoms. The molecule has 2 aromatic heterocycles. The number of anilines is 2. The van der Waals surface area contributed by atoms with Gasteiger partial charge in [-0.15, -0.1) is 0 Å². The number of fused-ring (bicyclic) bond motifs is 1. The van der Waals surface area contributed by atoms with Gasteiger partial charge in [-0.2, -0.15) is 15.1 Å². The van der Waals surface area contributed by atoms with Crippen molar-refractivity contribution in [2.24, 2.45) is 5.41 Å². The average Bonchev–Trinajstić information content (AvgIpc) is 2.63. The first-order valence-electron chi connectivity index (χ1n) is 5.61. The standard InChI is InChI=1S/C11H18N6/c1-6(11(2,3)4)14-8-7-5-13-17-9(7)16-10(12)15-8/h5-6H,1-4H3,(H4,12,13,14,15,16,17). The summed E-state index contributed by atoms with van der Waals surface area (Å²) in [6, 6.07) is 0.259. The van der Waals surface area contributed by atoms with Gasteiger partial charge in [0, 0.05) is 6.04 Å². The third-order valence-corrected chi connectivity index (χ3v) is 2.98. The Kier molecular flexibility index (Phi) is 2.65. The molecular formula is C11H18N6. The Hall–Kier alpha value is -1.85. The van der Waals surface area contributed by atoms with Gasteiger partial charge in [0.1, 0.15) is 5.82 Å². The summed E-state index contributed by atoms with van der Waals surface area (Å²) in [5, 5.41) is 11.0. The summed E-state index contributed by atoms with van der Waals surface area (Å²) >= 11 is 0. The zero-order valence-electron chi connectivity index (χ0n) is 10.6. The monoisotopic (exact) mass is 234 g/mol. The van der Waals surface area contributed by atoms with E-state index >= 15 is 0 Å². The van der Waals surface area contributed by atoms with Crippen LogP contribution in [0.2, 0.25) is 0 Å². The molecule has 0 aliphatic carbocycles. The number of nitrogens with zero attached hydrogens (tertiary/aromatic N) is 3. The molecule has 6 heteroatoms. The van der Waals surface area contributed by atoms with Crippen LogP contribution in [0.1, 0.15) is 27.7 Å². The molecular weight excluding hydrogens is 216 g/mol. The maximum Gasteiger partial charge on any atom is 0.224 e. The molecule has 0 aliphatic rings. The molecule has 2 rings (SSSR count). The van der Waals surface area contributed by atoms with E-state index in [1.165, 1.54) is 0 Å². The minimum absolute atomic E-state index is 0.135. The number of nitrogens with two attached hydrogens (primary N) is 1. The van der Waals surface area contributed by atoms with E-state index in [0.717, 1.165) is 11.2 Å². The van der Waals surface area contributed by atoms with Crippen molar-refractivity contribution in [1.82, 2.24) is 20.2 Å². The Morgan fingerprint density at radius 1 is 1.35 bits per heavy atom. The average molecular weight is 234 g/mol. The Bertz CT molecular complexity index is 524. The molecule has 6 nitrogen and oxygen atoms in total. The van der Waals surface area contributed by atoms with Crippen molar-refractivity contribution < 1.29 is 0 Å². The predicted octanol–water partition coefficient (Wildman–Crippen LogP) is 1.78. The van der Waals surface area contributed by atoms with Crippen molar-refractivity contribution in [1.29, 1.82) is 0 Å². The largest absolute Gasteiger partial charge is 0.368 e. The normalized spacial score (nSPS) is 13.9. The minimum atomic E-state index is 0.135. The number of aromatic nitrogens is 4. The number of nitrogens with one attached hydrogen (secondary N) is 2. The number of aromatic amines is 1. The summed E-state index contributed by atoms with van der Waals surface area (Å²) in [5.74, 6) is 0.967. The number of hydrogen-bond acceptors (Lipinski definition) is 5. The summed E-state index contributed by atoms with van der Waals surface area (Å²) in [6.07, 6.45) is 1.70. The molecule has 0 saturated heterocycles. The van der Waals surface area contributed by atoms with Gasteiger partial charge >= 0.3 is 0 Å². The second kappa shape index (κ2) is 3.87. The molecule has 0 spiro atoms. The Morgan fingerprint density at radius 2 is 2.06 bits per heavy atom. The second-order valence-electron chi connectivity index (χ2n) is 5.29. The molecule has 0 fully saturated rings. The zero-order chi connectivity index (χ0) is 12.6. The van der Waals surface area contributed by atoms with Crippen LogP contribution >= 0.6 is 0 Å². The fraction of sp³-hybridized carbons (Fsp3) is 0.545. The van der Waals surface area contributed by atoms with Gasteiger partial charge in [-0.1, -0.05) is 20.8 Å². The molecule has 0 radical (unpaired) electrons. The molecule has 4 N–H and O–H groups in total. The van der Waals surface area contributed by atoms with Crippen LogP contribution in [0.3, 0.4) is 0 Å². The highest BCUT2D eigenvalue weighted by molar-refractivity contribution is 5.86. The summed E-state index contributed by atoms with van der Waals surface area (Å²) in [7, 11) is 0. The fourth-order valence-corrected chi connectivity index (χ4v) is 1.38. The number of nitrogen functional groups attached to an aromatic ring is 1. The van der Waals surface area contributed by atoms with Crippen molar-refractivity contribution in [3.8, 4) is 0 Å². The van der Waals surface area contributed by atoms with Gasteiger partial charge in [0.05, 0.1) is 11.6 Å². The van der Waals surface area contributed by atoms with E-state index in [1.807, 2.05) is 0 Å². The minimum Gasteiger partial charge on any atom is -0.368 e. The van der Waals surface area contributed by atoms with Crippen molar-refractivity contribution in [3.05, 3.63) is 6.20 Å². The summed E-state index contributed by atoms with van der Waals surface area (Å²) < 4.78 is 0. The highest BCUT2D eigenvalue weighted by Gasteiger charge is 2.21. The lowest BCUT2D eigenvalue weighted by molar-refractivity contribution is 0.359. The van der Waals surface area contributed by atoms with Gasteiger partial charge in [-0.3, -0.25) is 5.10 Å². The van der Waals surface area contributed by atoms with Crippen LogP contribution in [0.25, 0.3) is 11.0 Å². The van der Waals surface area contributed by atoms with Gasteiger partial charge in [-0.05, 0) is 12.3 Å². The Balaban J connectivity index is 2.38. The van der Waals surface area contributed by atoms with E-state index < -0.39 is 0 Å². The topological polar surface area (TPSA) is 92.5 Å². The lowest BCUT2D eigenvalue weighted by Crippen LogP contribution is -2.31. The van der Waals surface area contributed by atoms with Crippen LogP contribution in [0.5, 0.6) is 0 Å². The van der Waals surface area contributed by atoms with Crippen molar-refractivity contribution in [2.75, 3.05) is 11.1 Å². The van der Waals surface area contributed by atoms with E-state index in [9.17, 15) is 0 Å². The number of rotatable bonds is 2. The van der Waals surface area contributed by atoms with Gasteiger partial charge in [0.15, 0.2) is 5.65 Å². The fourth-order valence-electron chi connectivity index (χ4n) is 1.38. The maximum atomic E-state index is 5.66. The molecule has 0 aromatic carbocycles. The van der Waals surface area contributed by atoms with Crippen molar-refractivity contribution in [3.63, 3.8) is 0 Å². The van der Waals surface area contributed by atoms with Gasteiger partial charge < -0.3 is 11.1 Å². The van der Waals surface area contributed by atoms with E-state index in [1.54, 1.807) is 6.20 Å². The highest BCUT2D eigenvalue weighted by atomic mass is 15.2. The number of hydrogen-bond donors (Lipinski definition) is 3. The highest BCUT2D eigenvalue weighted by Crippen LogP contribution is 2.25. The van der Waals surface area contributed by atoms with E-state index in [4.69, 9.17) is 5.73 Å². The summed E-state index contributed by atoms with van der Waals surface area (Å²) in [4.78, 5) is 8.30. The SMILES string of the molecule is CC(Nc1nc(N)nc2[nH]ncc12)C(C)(C)C. The predicted molar refractivity (Wildman–Crippen MR) is 68.6 cm³/mol. The van der Waals surface area contributed by atoms with Crippen LogP contribution in [-0.2, 0) is 0 Å². The smallest absolute Gasteiger partial charge is 0.224 e. The van der Waals surface area contributed by atoms with Crippen LogP contribution in [-0.4, -0.2) is 26.2 Å². The molecule has 0 saturated carbocycles. The molecule has 2 aromatic rings.